The molecule has 0 aromatic rings. The molecule has 1 aliphatic heterocycles. The maximum absolute atomic E-state index is 11.3. The van der Waals surface area contributed by atoms with Crippen LogP contribution in [-0.2, 0) is 38.1 Å². The second-order valence-corrected chi connectivity index (χ2v) is 5.11. The molecule has 0 unspecified atom stereocenters. The van der Waals surface area contributed by atoms with Gasteiger partial charge in [-0.05, 0) is 0 Å². The van der Waals surface area contributed by atoms with Gasteiger partial charge >= 0.3 is 17.9 Å². The van der Waals surface area contributed by atoms with Crippen molar-refractivity contribution in [2.45, 2.75) is 51.5 Å². The van der Waals surface area contributed by atoms with Crippen LogP contribution in [0.4, 0.5) is 0 Å². The van der Waals surface area contributed by atoms with Crippen molar-refractivity contribution in [1.29, 1.82) is 0 Å². The van der Waals surface area contributed by atoms with Crippen LogP contribution >= 0.6 is 0 Å². The first-order valence-corrected chi connectivity index (χ1v) is 7.30. The van der Waals surface area contributed by atoms with Gasteiger partial charge in [-0.25, -0.2) is 0 Å². The first kappa shape index (κ1) is 20.1. The van der Waals surface area contributed by atoms with E-state index < -0.39 is 48.6 Å². The van der Waals surface area contributed by atoms with Gasteiger partial charge in [0.2, 0.25) is 0 Å². The minimum Gasteiger partial charge on any atom is -0.463 e. The summed E-state index contributed by atoms with van der Waals surface area (Å²) in [4.78, 5) is 33.5. The van der Waals surface area contributed by atoms with E-state index in [9.17, 15) is 19.5 Å². The zero-order valence-corrected chi connectivity index (χ0v) is 13.8. The van der Waals surface area contributed by atoms with Crippen LogP contribution in [-0.4, -0.2) is 66.9 Å². The number of hydrogen-bond donors (Lipinski definition) is 1. The Morgan fingerprint density at radius 3 is 2.17 bits per heavy atom. The predicted molar refractivity (Wildman–Crippen MR) is 78.6 cm³/mol. The van der Waals surface area contributed by atoms with E-state index in [1.165, 1.54) is 13.0 Å². The highest BCUT2D eigenvalue weighted by molar-refractivity contribution is 5.67. The average Bonchev–Trinajstić information content (AvgIpc) is 2.48. The summed E-state index contributed by atoms with van der Waals surface area (Å²) in [6, 6.07) is 0. The molecule has 0 aromatic heterocycles. The van der Waals surface area contributed by atoms with E-state index in [1.54, 1.807) is 0 Å². The summed E-state index contributed by atoms with van der Waals surface area (Å²) in [5, 5.41) is 10.5. The molecule has 0 saturated carbocycles. The molecule has 0 spiro atoms. The standard InChI is InChI=1S/C15H22O9/c1-5-6-20-15-14(23-10(4)18)12(19)13(22-9(3)17)11(24-15)7-21-8(2)16/h5,11-15,19H,1,6-7H2,2-4H3/t11-,12+,13-,14-,15-/m1/s1. The number of aliphatic hydroxyl groups excluding tert-OH is 1. The summed E-state index contributed by atoms with van der Waals surface area (Å²) in [6.07, 6.45) is -4.54. The lowest BCUT2D eigenvalue weighted by Gasteiger charge is -2.42. The van der Waals surface area contributed by atoms with Crippen LogP contribution in [0, 0.1) is 0 Å². The van der Waals surface area contributed by atoms with Gasteiger partial charge in [0.1, 0.15) is 18.8 Å². The molecule has 1 saturated heterocycles. The van der Waals surface area contributed by atoms with Crippen molar-refractivity contribution in [2.24, 2.45) is 0 Å². The highest BCUT2D eigenvalue weighted by Crippen LogP contribution is 2.27. The van der Waals surface area contributed by atoms with Crippen molar-refractivity contribution in [3.63, 3.8) is 0 Å². The monoisotopic (exact) mass is 346 g/mol. The topological polar surface area (TPSA) is 118 Å². The van der Waals surface area contributed by atoms with Gasteiger partial charge in [-0.15, -0.1) is 6.58 Å². The number of ether oxygens (including phenoxy) is 5. The molecular formula is C15H22O9. The molecule has 0 aromatic carbocycles. The average molecular weight is 346 g/mol. The molecule has 9 heteroatoms. The fourth-order valence-electron chi connectivity index (χ4n) is 2.18. The molecule has 0 radical (unpaired) electrons. The van der Waals surface area contributed by atoms with E-state index in [2.05, 4.69) is 6.58 Å². The second kappa shape index (κ2) is 9.36. The van der Waals surface area contributed by atoms with Crippen LogP contribution < -0.4 is 0 Å². The molecule has 5 atom stereocenters. The lowest BCUT2D eigenvalue weighted by molar-refractivity contribution is -0.304. The van der Waals surface area contributed by atoms with Gasteiger partial charge in [-0.3, -0.25) is 14.4 Å². The van der Waals surface area contributed by atoms with Gasteiger partial charge in [-0.1, -0.05) is 6.08 Å². The highest BCUT2D eigenvalue weighted by Gasteiger charge is 2.49. The minimum atomic E-state index is -1.43. The Balaban J connectivity index is 3.00. The predicted octanol–water partition coefficient (Wildman–Crippen LogP) is -0.299. The summed E-state index contributed by atoms with van der Waals surface area (Å²) in [5.74, 6) is -1.92. The summed E-state index contributed by atoms with van der Waals surface area (Å²) < 4.78 is 25.9. The highest BCUT2D eigenvalue weighted by atomic mass is 16.7. The third-order valence-corrected chi connectivity index (χ3v) is 3.05. The molecule has 136 valence electrons. The largest absolute Gasteiger partial charge is 0.463 e. The van der Waals surface area contributed by atoms with Crippen molar-refractivity contribution < 1.29 is 43.2 Å². The first-order chi connectivity index (χ1) is 11.3. The van der Waals surface area contributed by atoms with Gasteiger partial charge in [0.05, 0.1) is 6.61 Å². The number of hydrogen-bond acceptors (Lipinski definition) is 9. The Bertz CT molecular complexity index is 474. The first-order valence-electron chi connectivity index (χ1n) is 7.30. The third kappa shape index (κ3) is 5.91. The van der Waals surface area contributed by atoms with Gasteiger partial charge < -0.3 is 28.8 Å². The lowest BCUT2D eigenvalue weighted by atomic mass is 9.98. The van der Waals surface area contributed by atoms with Gasteiger partial charge in [0, 0.05) is 20.8 Å². The Morgan fingerprint density at radius 1 is 1.08 bits per heavy atom. The zero-order valence-electron chi connectivity index (χ0n) is 13.8. The molecular weight excluding hydrogens is 324 g/mol. The van der Waals surface area contributed by atoms with Crippen molar-refractivity contribution in [3.8, 4) is 0 Å². The normalized spacial score (nSPS) is 29.4. The van der Waals surface area contributed by atoms with Gasteiger partial charge in [-0.2, -0.15) is 0 Å². The lowest BCUT2D eigenvalue weighted by Crippen LogP contribution is -2.61. The molecule has 1 aliphatic rings. The van der Waals surface area contributed by atoms with Crippen LogP contribution in [0.1, 0.15) is 20.8 Å². The fraction of sp³-hybridized carbons (Fsp3) is 0.667. The number of esters is 3. The summed E-state index contributed by atoms with van der Waals surface area (Å²) in [6.45, 7) is 6.79. The van der Waals surface area contributed by atoms with Crippen molar-refractivity contribution in [2.75, 3.05) is 13.2 Å². The molecule has 1 N–H and O–H groups in total. The number of carbonyl (C=O) groups is 3. The van der Waals surface area contributed by atoms with E-state index in [0.29, 0.717) is 0 Å². The molecule has 1 fully saturated rings. The van der Waals surface area contributed by atoms with E-state index >= 15 is 0 Å². The number of carbonyl (C=O) groups excluding carboxylic acids is 3. The van der Waals surface area contributed by atoms with Crippen LogP contribution in [0.3, 0.4) is 0 Å². The van der Waals surface area contributed by atoms with Crippen molar-refractivity contribution in [1.82, 2.24) is 0 Å². The Kier molecular flexibility index (Phi) is 7.83. The summed E-state index contributed by atoms with van der Waals surface area (Å²) in [7, 11) is 0. The van der Waals surface area contributed by atoms with Gasteiger partial charge in [0.15, 0.2) is 18.5 Å². The third-order valence-electron chi connectivity index (χ3n) is 3.05. The van der Waals surface area contributed by atoms with Crippen LogP contribution in [0.25, 0.3) is 0 Å². The quantitative estimate of drug-likeness (QED) is 0.376. The molecule has 0 bridgehead atoms. The fourth-order valence-corrected chi connectivity index (χ4v) is 2.18. The maximum Gasteiger partial charge on any atom is 0.303 e. The van der Waals surface area contributed by atoms with Crippen LogP contribution in [0.15, 0.2) is 12.7 Å². The van der Waals surface area contributed by atoms with E-state index in [0.717, 1.165) is 13.8 Å². The molecule has 1 rings (SSSR count). The zero-order chi connectivity index (χ0) is 18.3. The Morgan fingerprint density at radius 2 is 1.67 bits per heavy atom. The maximum atomic E-state index is 11.3. The minimum absolute atomic E-state index is 0.0632. The second-order valence-electron chi connectivity index (χ2n) is 5.11. The van der Waals surface area contributed by atoms with Crippen LogP contribution in [0.2, 0.25) is 0 Å². The van der Waals surface area contributed by atoms with Crippen molar-refractivity contribution in [3.05, 3.63) is 12.7 Å². The molecule has 0 aliphatic carbocycles. The van der Waals surface area contributed by atoms with Crippen LogP contribution in [0.5, 0.6) is 0 Å². The van der Waals surface area contributed by atoms with Gasteiger partial charge in [0.25, 0.3) is 0 Å². The van der Waals surface area contributed by atoms with E-state index in [1.807, 2.05) is 0 Å². The number of rotatable bonds is 7. The molecule has 1 heterocycles. The summed E-state index contributed by atoms with van der Waals surface area (Å²) in [5.41, 5.74) is 0. The molecule has 24 heavy (non-hydrogen) atoms. The number of aliphatic hydroxyl groups is 1. The van der Waals surface area contributed by atoms with Crippen molar-refractivity contribution >= 4 is 17.9 Å². The molecule has 0 amide bonds. The summed E-state index contributed by atoms with van der Waals surface area (Å²) >= 11 is 0. The Hall–Kier alpha value is -1.97. The SMILES string of the molecule is C=CCO[C@@H]1O[C@H](COC(C)=O)[C@@H](OC(C)=O)[C@H](O)[C@H]1OC(C)=O. The van der Waals surface area contributed by atoms with E-state index in [4.69, 9.17) is 23.7 Å². The van der Waals surface area contributed by atoms with E-state index in [-0.39, 0.29) is 13.2 Å². The Labute approximate surface area is 139 Å². The molecule has 9 nitrogen and oxygen atoms in total. The smallest absolute Gasteiger partial charge is 0.303 e.